The second-order valence-corrected chi connectivity index (χ2v) is 9.43. The molecule has 0 amide bonds. The number of aromatic amines is 1. The number of aromatic nitrogens is 1. The lowest BCUT2D eigenvalue weighted by Crippen LogP contribution is -2.40. The van der Waals surface area contributed by atoms with Crippen LogP contribution in [-0.4, -0.2) is 50.0 Å². The molecule has 1 saturated heterocycles. The molecule has 4 rings (SSSR count). The van der Waals surface area contributed by atoms with Crippen molar-refractivity contribution < 1.29 is 27.1 Å². The monoisotopic (exact) mass is 496 g/mol. The number of hydrogen-bond acceptors (Lipinski definition) is 7. The van der Waals surface area contributed by atoms with E-state index in [4.69, 9.17) is 13.9 Å². The molecule has 0 atom stereocenters. The molecule has 0 spiro atoms. The van der Waals surface area contributed by atoms with Gasteiger partial charge < -0.3 is 18.9 Å². The quantitative estimate of drug-likeness (QED) is 0.424. The average Bonchev–Trinajstić information content (AvgIpc) is 3.23. The van der Waals surface area contributed by atoms with Crippen molar-refractivity contribution in [2.45, 2.75) is 11.5 Å². The molecule has 0 saturated carbocycles. The standard InChI is InChI=1S/C19H17BrN2O7S/c20-13-1-2-15-12(7-18(23)29-17(15)8-13)11-28-19(24)16-9-14(10-21-16)30(25,26)22-3-5-27-6-4-22/h1-2,7-10,21H,3-6,11H2. The van der Waals surface area contributed by atoms with E-state index in [2.05, 4.69) is 20.9 Å². The summed E-state index contributed by atoms with van der Waals surface area (Å²) in [6.45, 7) is 0.996. The highest BCUT2D eigenvalue weighted by molar-refractivity contribution is 9.10. The van der Waals surface area contributed by atoms with Gasteiger partial charge in [0, 0.05) is 40.8 Å². The first-order valence-corrected chi connectivity index (χ1v) is 11.2. The zero-order chi connectivity index (χ0) is 21.3. The Morgan fingerprint density at radius 2 is 1.97 bits per heavy atom. The molecular formula is C19H17BrN2O7S. The van der Waals surface area contributed by atoms with Gasteiger partial charge in [-0.25, -0.2) is 18.0 Å². The van der Waals surface area contributed by atoms with Crippen LogP contribution >= 0.6 is 15.9 Å². The third-order valence-electron chi connectivity index (χ3n) is 4.64. The molecule has 9 nitrogen and oxygen atoms in total. The second kappa shape index (κ2) is 8.34. The first-order valence-electron chi connectivity index (χ1n) is 9.00. The second-order valence-electron chi connectivity index (χ2n) is 6.57. The smallest absolute Gasteiger partial charge is 0.355 e. The van der Waals surface area contributed by atoms with Crippen LogP contribution in [-0.2, 0) is 26.1 Å². The van der Waals surface area contributed by atoms with Crippen molar-refractivity contribution in [3.05, 3.63) is 62.7 Å². The number of rotatable bonds is 5. The number of esters is 1. The summed E-state index contributed by atoms with van der Waals surface area (Å²) in [5.74, 6) is -0.739. The summed E-state index contributed by atoms with van der Waals surface area (Å²) in [5.41, 5.74) is 0.277. The van der Waals surface area contributed by atoms with Crippen LogP contribution in [0.25, 0.3) is 11.0 Å². The highest BCUT2D eigenvalue weighted by atomic mass is 79.9. The Hall–Kier alpha value is -2.47. The first kappa shape index (κ1) is 20.8. The van der Waals surface area contributed by atoms with Crippen molar-refractivity contribution in [3.8, 4) is 0 Å². The Morgan fingerprint density at radius 3 is 2.73 bits per heavy atom. The average molecular weight is 497 g/mol. The fourth-order valence-corrected chi connectivity index (χ4v) is 4.86. The van der Waals surface area contributed by atoms with Gasteiger partial charge in [-0.15, -0.1) is 0 Å². The lowest BCUT2D eigenvalue weighted by Gasteiger charge is -2.25. The number of carbonyl (C=O) groups is 1. The number of nitrogens with zero attached hydrogens (tertiary/aromatic N) is 1. The van der Waals surface area contributed by atoms with E-state index in [1.54, 1.807) is 18.2 Å². The van der Waals surface area contributed by atoms with E-state index in [0.717, 1.165) is 4.47 Å². The van der Waals surface area contributed by atoms with Crippen LogP contribution in [0.3, 0.4) is 0 Å². The number of sulfonamides is 1. The first-order chi connectivity index (χ1) is 14.3. The van der Waals surface area contributed by atoms with E-state index >= 15 is 0 Å². The summed E-state index contributed by atoms with van der Waals surface area (Å²) in [5, 5.41) is 0.632. The third-order valence-corrected chi connectivity index (χ3v) is 7.00. The van der Waals surface area contributed by atoms with Gasteiger partial charge >= 0.3 is 11.6 Å². The van der Waals surface area contributed by atoms with Crippen LogP contribution in [0.5, 0.6) is 0 Å². The lowest BCUT2D eigenvalue weighted by molar-refractivity contribution is 0.0467. The van der Waals surface area contributed by atoms with Crippen molar-refractivity contribution in [2.75, 3.05) is 26.3 Å². The number of nitrogens with one attached hydrogen (secondary N) is 1. The van der Waals surface area contributed by atoms with E-state index in [1.165, 1.54) is 22.6 Å². The number of H-pyrrole nitrogens is 1. The molecule has 11 heteroatoms. The minimum Gasteiger partial charge on any atom is -0.456 e. The summed E-state index contributed by atoms with van der Waals surface area (Å²) in [6, 6.07) is 7.67. The molecule has 3 heterocycles. The molecule has 1 aromatic carbocycles. The van der Waals surface area contributed by atoms with Gasteiger partial charge in [-0.2, -0.15) is 4.31 Å². The van der Waals surface area contributed by atoms with Gasteiger partial charge in [0.05, 0.1) is 13.2 Å². The molecule has 2 aromatic heterocycles. The van der Waals surface area contributed by atoms with Gasteiger partial charge in [0.25, 0.3) is 0 Å². The minimum atomic E-state index is -3.72. The Morgan fingerprint density at radius 1 is 1.20 bits per heavy atom. The van der Waals surface area contributed by atoms with Crippen molar-refractivity contribution in [3.63, 3.8) is 0 Å². The molecule has 1 fully saturated rings. The van der Waals surface area contributed by atoms with Gasteiger partial charge in [-0.3, -0.25) is 0 Å². The van der Waals surface area contributed by atoms with Crippen molar-refractivity contribution in [1.82, 2.24) is 9.29 Å². The number of carbonyl (C=O) groups excluding carboxylic acids is 1. The van der Waals surface area contributed by atoms with Gasteiger partial charge in [0.2, 0.25) is 10.0 Å². The van der Waals surface area contributed by atoms with Crippen LogP contribution in [0.1, 0.15) is 16.1 Å². The van der Waals surface area contributed by atoms with E-state index in [-0.39, 0.29) is 30.3 Å². The predicted molar refractivity (Wildman–Crippen MR) is 110 cm³/mol. The summed E-state index contributed by atoms with van der Waals surface area (Å²) >= 11 is 3.31. The highest BCUT2D eigenvalue weighted by Gasteiger charge is 2.28. The summed E-state index contributed by atoms with van der Waals surface area (Å²) in [4.78, 5) is 26.8. The van der Waals surface area contributed by atoms with Crippen molar-refractivity contribution in [1.29, 1.82) is 0 Å². The molecule has 0 unspecified atom stereocenters. The van der Waals surface area contributed by atoms with Crippen LogP contribution in [0.2, 0.25) is 0 Å². The Kier molecular flexibility index (Phi) is 5.78. The number of hydrogen-bond donors (Lipinski definition) is 1. The summed E-state index contributed by atoms with van der Waals surface area (Å²) in [6.07, 6.45) is 1.26. The van der Waals surface area contributed by atoms with Crippen LogP contribution < -0.4 is 5.63 Å². The van der Waals surface area contributed by atoms with Gasteiger partial charge in [0.15, 0.2) is 0 Å². The molecule has 0 bridgehead atoms. The number of morpholine rings is 1. The van der Waals surface area contributed by atoms with Crippen LogP contribution in [0.4, 0.5) is 0 Å². The predicted octanol–water partition coefficient (Wildman–Crippen LogP) is 2.26. The number of fused-ring (bicyclic) bond motifs is 1. The molecule has 30 heavy (non-hydrogen) atoms. The fraction of sp³-hybridized carbons (Fsp3) is 0.263. The highest BCUT2D eigenvalue weighted by Crippen LogP contribution is 2.23. The fourth-order valence-electron chi connectivity index (χ4n) is 3.12. The van der Waals surface area contributed by atoms with E-state index in [0.29, 0.717) is 29.7 Å². The maximum Gasteiger partial charge on any atom is 0.355 e. The maximum absolute atomic E-state index is 12.7. The largest absolute Gasteiger partial charge is 0.456 e. The van der Waals surface area contributed by atoms with Crippen LogP contribution in [0.15, 0.2) is 55.1 Å². The van der Waals surface area contributed by atoms with E-state index < -0.39 is 21.6 Å². The van der Waals surface area contributed by atoms with Gasteiger partial charge in [0.1, 0.15) is 22.8 Å². The lowest BCUT2D eigenvalue weighted by atomic mass is 10.1. The number of ether oxygens (including phenoxy) is 2. The zero-order valence-corrected chi connectivity index (χ0v) is 18.0. The van der Waals surface area contributed by atoms with E-state index in [9.17, 15) is 18.0 Å². The Labute approximate surface area is 179 Å². The molecular weight excluding hydrogens is 480 g/mol. The van der Waals surface area contributed by atoms with Gasteiger partial charge in [-0.1, -0.05) is 15.9 Å². The normalized spacial score (nSPS) is 15.4. The van der Waals surface area contributed by atoms with E-state index in [1.807, 2.05) is 0 Å². The molecule has 1 aliphatic rings. The Balaban J connectivity index is 1.51. The van der Waals surface area contributed by atoms with Gasteiger partial charge in [-0.05, 0) is 24.3 Å². The topological polar surface area (TPSA) is 119 Å². The minimum absolute atomic E-state index is 0.00292. The third kappa shape index (κ3) is 4.19. The molecule has 1 aliphatic heterocycles. The molecule has 0 radical (unpaired) electrons. The van der Waals surface area contributed by atoms with Crippen LogP contribution in [0, 0.1) is 0 Å². The summed E-state index contributed by atoms with van der Waals surface area (Å²) < 4.78 is 43.0. The summed E-state index contributed by atoms with van der Waals surface area (Å²) in [7, 11) is -3.72. The number of halogens is 1. The molecule has 3 aromatic rings. The zero-order valence-electron chi connectivity index (χ0n) is 15.6. The SMILES string of the molecule is O=C(OCc1cc(=O)oc2cc(Br)ccc12)c1cc(S(=O)(=O)N2CCOCC2)c[nH]1. The molecule has 1 N–H and O–H groups in total. The Bertz CT molecular complexity index is 1260. The maximum atomic E-state index is 12.7. The number of benzene rings is 1. The molecule has 0 aliphatic carbocycles. The van der Waals surface area contributed by atoms with Crippen molar-refractivity contribution in [2.24, 2.45) is 0 Å². The van der Waals surface area contributed by atoms with Crippen molar-refractivity contribution >= 4 is 42.9 Å². The molecule has 158 valence electrons.